The highest BCUT2D eigenvalue weighted by Gasteiger charge is 2.35. The number of thiophene rings is 1. The molecule has 24 heavy (non-hydrogen) atoms. The molecule has 3 N–H and O–H groups in total. The summed E-state index contributed by atoms with van der Waals surface area (Å²) in [4.78, 5) is 27.3. The minimum absolute atomic E-state index is 0.000652. The summed E-state index contributed by atoms with van der Waals surface area (Å²) in [5, 5.41) is 4.70. The van der Waals surface area contributed by atoms with E-state index in [4.69, 9.17) is 5.73 Å². The Labute approximate surface area is 145 Å². The van der Waals surface area contributed by atoms with Gasteiger partial charge in [-0.05, 0) is 48.0 Å². The predicted octanol–water partition coefficient (Wildman–Crippen LogP) is 2.81. The lowest BCUT2D eigenvalue weighted by Crippen LogP contribution is -2.34. The number of nitrogens with zero attached hydrogens (tertiary/aromatic N) is 1. The number of hydrogen-bond acceptors (Lipinski definition) is 4. The third kappa shape index (κ3) is 3.49. The van der Waals surface area contributed by atoms with Crippen molar-refractivity contribution in [3.63, 3.8) is 0 Å². The Kier molecular flexibility index (Phi) is 4.69. The molecule has 3 rings (SSSR count). The molecule has 0 saturated carbocycles. The highest BCUT2D eigenvalue weighted by Crippen LogP contribution is 2.29. The van der Waals surface area contributed by atoms with Gasteiger partial charge in [0.25, 0.3) is 11.8 Å². The zero-order valence-corrected chi connectivity index (χ0v) is 14.4. The van der Waals surface area contributed by atoms with Crippen molar-refractivity contribution < 1.29 is 9.59 Å². The number of carbonyl (C=O) groups excluding carboxylic acids is 2. The second kappa shape index (κ2) is 6.75. The normalized spacial score (nSPS) is 20.2. The fraction of sp³-hybridized carbons (Fsp3) is 0.333. The maximum Gasteiger partial charge on any atom is 0.265 e. The highest BCUT2D eigenvalue weighted by atomic mass is 32.1. The van der Waals surface area contributed by atoms with Gasteiger partial charge in [-0.25, -0.2) is 0 Å². The summed E-state index contributed by atoms with van der Waals surface area (Å²) in [6.07, 6.45) is 0.921. The summed E-state index contributed by atoms with van der Waals surface area (Å²) >= 11 is 1.38. The minimum Gasteiger partial charge on any atom is -0.338 e. The van der Waals surface area contributed by atoms with Gasteiger partial charge in [-0.2, -0.15) is 0 Å². The van der Waals surface area contributed by atoms with Crippen molar-refractivity contribution in [1.82, 2.24) is 4.90 Å². The number of nitrogens with one attached hydrogen (secondary N) is 1. The third-order valence-electron chi connectivity index (χ3n) is 4.45. The van der Waals surface area contributed by atoms with E-state index in [1.54, 1.807) is 30.3 Å². The van der Waals surface area contributed by atoms with Crippen LogP contribution in [0, 0.1) is 5.41 Å². The Balaban J connectivity index is 1.71. The lowest BCUT2D eigenvalue weighted by Gasteiger charge is -2.22. The number of hydrogen-bond donors (Lipinski definition) is 2. The molecule has 2 aromatic rings. The van der Waals surface area contributed by atoms with Crippen LogP contribution >= 0.6 is 11.3 Å². The standard InChI is InChI=1S/C18H21N3O2S/c1-18(11-19)7-8-21(12-18)17(23)13-4-2-5-14(10-13)20-16(22)15-6-3-9-24-15/h2-6,9-10H,7-8,11-12,19H2,1H3,(H,20,22). The van der Waals surface area contributed by atoms with Crippen LogP contribution in [0.3, 0.4) is 0 Å². The first-order valence-corrected chi connectivity index (χ1v) is 8.83. The lowest BCUT2D eigenvalue weighted by atomic mass is 9.90. The van der Waals surface area contributed by atoms with E-state index in [9.17, 15) is 9.59 Å². The van der Waals surface area contributed by atoms with E-state index in [-0.39, 0.29) is 17.2 Å². The predicted molar refractivity (Wildman–Crippen MR) is 96.4 cm³/mol. The van der Waals surface area contributed by atoms with Crippen molar-refractivity contribution >= 4 is 28.8 Å². The van der Waals surface area contributed by atoms with Crippen LogP contribution in [-0.2, 0) is 0 Å². The number of likely N-dealkylation sites (tertiary alicyclic amines) is 1. The molecule has 0 radical (unpaired) electrons. The van der Waals surface area contributed by atoms with Gasteiger partial charge in [-0.1, -0.05) is 19.1 Å². The average molecular weight is 343 g/mol. The molecule has 1 atom stereocenters. The number of benzene rings is 1. The molecule has 1 aromatic carbocycles. The quantitative estimate of drug-likeness (QED) is 0.896. The van der Waals surface area contributed by atoms with Crippen molar-refractivity contribution in [1.29, 1.82) is 0 Å². The second-order valence-electron chi connectivity index (χ2n) is 6.50. The van der Waals surface area contributed by atoms with Crippen LogP contribution in [0.2, 0.25) is 0 Å². The van der Waals surface area contributed by atoms with Gasteiger partial charge in [-0.15, -0.1) is 11.3 Å². The smallest absolute Gasteiger partial charge is 0.265 e. The topological polar surface area (TPSA) is 75.4 Å². The fourth-order valence-corrected chi connectivity index (χ4v) is 3.50. The fourth-order valence-electron chi connectivity index (χ4n) is 2.88. The SMILES string of the molecule is CC1(CN)CCN(C(=O)c2cccc(NC(=O)c3cccs3)c2)C1. The summed E-state index contributed by atoms with van der Waals surface area (Å²) in [5.74, 6) is -0.175. The van der Waals surface area contributed by atoms with Gasteiger partial charge in [0.05, 0.1) is 4.88 Å². The van der Waals surface area contributed by atoms with Crippen LogP contribution < -0.4 is 11.1 Å². The molecule has 5 nitrogen and oxygen atoms in total. The van der Waals surface area contributed by atoms with Gasteiger partial charge in [0.15, 0.2) is 0 Å². The zero-order chi connectivity index (χ0) is 17.2. The van der Waals surface area contributed by atoms with Crippen molar-refractivity contribution in [3.05, 3.63) is 52.2 Å². The molecule has 0 spiro atoms. The summed E-state index contributed by atoms with van der Waals surface area (Å²) in [6, 6.07) is 10.7. The first kappa shape index (κ1) is 16.7. The van der Waals surface area contributed by atoms with E-state index >= 15 is 0 Å². The van der Waals surface area contributed by atoms with E-state index in [2.05, 4.69) is 12.2 Å². The Morgan fingerprint density at radius 3 is 2.83 bits per heavy atom. The van der Waals surface area contributed by atoms with Crippen LogP contribution in [0.25, 0.3) is 0 Å². The van der Waals surface area contributed by atoms with Crippen molar-refractivity contribution in [3.8, 4) is 0 Å². The highest BCUT2D eigenvalue weighted by molar-refractivity contribution is 7.12. The first-order valence-electron chi connectivity index (χ1n) is 7.95. The molecule has 2 amide bonds. The molecule has 1 unspecified atom stereocenters. The lowest BCUT2D eigenvalue weighted by molar-refractivity contribution is 0.0776. The molecule has 1 aliphatic heterocycles. The number of rotatable bonds is 4. The number of carbonyl (C=O) groups is 2. The van der Waals surface area contributed by atoms with Crippen LogP contribution in [0.4, 0.5) is 5.69 Å². The zero-order valence-electron chi connectivity index (χ0n) is 13.6. The largest absolute Gasteiger partial charge is 0.338 e. The van der Waals surface area contributed by atoms with Crippen LogP contribution in [-0.4, -0.2) is 36.3 Å². The molecule has 1 saturated heterocycles. The van der Waals surface area contributed by atoms with Gasteiger partial charge < -0.3 is 16.0 Å². The summed E-state index contributed by atoms with van der Waals surface area (Å²) in [6.45, 7) is 4.08. The number of nitrogens with two attached hydrogens (primary N) is 1. The summed E-state index contributed by atoms with van der Waals surface area (Å²) in [7, 11) is 0. The summed E-state index contributed by atoms with van der Waals surface area (Å²) in [5.41, 5.74) is 7.02. The molecule has 0 aliphatic carbocycles. The molecular weight excluding hydrogens is 322 g/mol. The van der Waals surface area contributed by atoms with Crippen molar-refractivity contribution in [2.24, 2.45) is 11.1 Å². The van der Waals surface area contributed by atoms with E-state index < -0.39 is 0 Å². The third-order valence-corrected chi connectivity index (χ3v) is 5.32. The van der Waals surface area contributed by atoms with E-state index in [1.807, 2.05) is 16.3 Å². The second-order valence-corrected chi connectivity index (χ2v) is 7.45. The van der Waals surface area contributed by atoms with Crippen molar-refractivity contribution in [2.75, 3.05) is 25.0 Å². The molecule has 0 bridgehead atoms. The average Bonchev–Trinajstić information content (AvgIpc) is 3.25. The minimum atomic E-state index is -0.161. The van der Waals surface area contributed by atoms with Crippen LogP contribution in [0.15, 0.2) is 41.8 Å². The molecule has 6 heteroatoms. The monoisotopic (exact) mass is 343 g/mol. The van der Waals surface area contributed by atoms with Gasteiger partial charge in [0.2, 0.25) is 0 Å². The van der Waals surface area contributed by atoms with Crippen LogP contribution in [0.5, 0.6) is 0 Å². The van der Waals surface area contributed by atoms with E-state index in [0.29, 0.717) is 29.2 Å². The number of anilines is 1. The maximum atomic E-state index is 12.7. The van der Waals surface area contributed by atoms with Crippen molar-refractivity contribution in [2.45, 2.75) is 13.3 Å². The Morgan fingerprint density at radius 2 is 2.17 bits per heavy atom. The Bertz CT molecular complexity index is 744. The Hall–Kier alpha value is -2.18. The molecule has 1 aliphatic rings. The molecule has 1 aromatic heterocycles. The Morgan fingerprint density at radius 1 is 1.33 bits per heavy atom. The van der Waals surface area contributed by atoms with E-state index in [1.165, 1.54) is 11.3 Å². The number of amides is 2. The molecular formula is C18H21N3O2S. The van der Waals surface area contributed by atoms with Crippen LogP contribution in [0.1, 0.15) is 33.4 Å². The maximum absolute atomic E-state index is 12.7. The first-order chi connectivity index (χ1) is 11.5. The van der Waals surface area contributed by atoms with E-state index in [0.717, 1.165) is 13.0 Å². The van der Waals surface area contributed by atoms with Gasteiger partial charge >= 0.3 is 0 Å². The molecule has 2 heterocycles. The van der Waals surface area contributed by atoms with Gasteiger partial charge in [0, 0.05) is 24.3 Å². The molecule has 1 fully saturated rings. The molecule has 126 valence electrons. The van der Waals surface area contributed by atoms with Gasteiger partial charge in [0.1, 0.15) is 0 Å². The summed E-state index contributed by atoms with van der Waals surface area (Å²) < 4.78 is 0. The van der Waals surface area contributed by atoms with Gasteiger partial charge in [-0.3, -0.25) is 9.59 Å².